The van der Waals surface area contributed by atoms with Crippen molar-refractivity contribution in [1.29, 1.82) is 0 Å². The van der Waals surface area contributed by atoms with E-state index in [2.05, 4.69) is 15.3 Å². The van der Waals surface area contributed by atoms with Gasteiger partial charge in [-0.1, -0.05) is 19.4 Å². The zero-order valence-corrected chi connectivity index (χ0v) is 18.9. The fourth-order valence-electron chi connectivity index (χ4n) is 3.30. The summed E-state index contributed by atoms with van der Waals surface area (Å²) in [6.07, 6.45) is 1.55. The van der Waals surface area contributed by atoms with E-state index in [0.29, 0.717) is 13.0 Å². The van der Waals surface area contributed by atoms with Crippen molar-refractivity contribution >= 4 is 28.7 Å². The van der Waals surface area contributed by atoms with Crippen molar-refractivity contribution in [1.82, 2.24) is 24.4 Å². The number of nitro groups is 1. The molecule has 3 rings (SSSR count). The molecule has 1 aromatic carbocycles. The van der Waals surface area contributed by atoms with Gasteiger partial charge in [0, 0.05) is 31.3 Å². The first-order chi connectivity index (χ1) is 16.1. The highest BCUT2D eigenvalue weighted by atomic mass is 16.6. The topological polar surface area (TPSA) is 171 Å². The summed E-state index contributed by atoms with van der Waals surface area (Å²) in [6, 6.07) is 4.03. The fraction of sp³-hybridized carbons (Fsp3) is 0.381. The zero-order valence-electron chi connectivity index (χ0n) is 18.9. The van der Waals surface area contributed by atoms with Crippen molar-refractivity contribution in [2.45, 2.75) is 45.9 Å². The third-order valence-corrected chi connectivity index (χ3v) is 5.20. The average Bonchev–Trinajstić information content (AvgIpc) is 3.13. The van der Waals surface area contributed by atoms with Crippen LogP contribution in [0.1, 0.15) is 42.9 Å². The quantitative estimate of drug-likeness (QED) is 0.264. The highest BCUT2D eigenvalue weighted by molar-refractivity contribution is 5.97. The maximum absolute atomic E-state index is 12.4. The number of H-pyrrole nitrogens is 1. The van der Waals surface area contributed by atoms with E-state index in [1.54, 1.807) is 7.05 Å². The summed E-state index contributed by atoms with van der Waals surface area (Å²) in [5.41, 5.74) is -1.02. The van der Waals surface area contributed by atoms with Gasteiger partial charge in [0.05, 0.1) is 4.92 Å². The number of carbonyl (C=O) groups excluding carboxylic acids is 2. The Kier molecular flexibility index (Phi) is 7.24. The molecule has 0 unspecified atom stereocenters. The van der Waals surface area contributed by atoms with E-state index in [1.807, 2.05) is 6.92 Å². The molecule has 13 nitrogen and oxygen atoms in total. The monoisotopic (exact) mass is 472 g/mol. The van der Waals surface area contributed by atoms with Crippen LogP contribution in [0.15, 0.2) is 33.9 Å². The van der Waals surface area contributed by atoms with Crippen LogP contribution < -0.4 is 16.6 Å². The molecule has 0 aliphatic rings. The second-order valence-electron chi connectivity index (χ2n) is 7.63. The Bertz CT molecular complexity index is 1370. The standard InChI is InChI=1S/C21H24N6O7/c1-4-5-9-26-17-16(19(29)24-21(26)31)25(3)15(23-17)11-34-20(30)12(2)22-18(28)13-7-6-8-14(10-13)27(32)33/h6-8,10,12H,4-5,9,11H2,1-3H3,(H,22,28)(H,24,29,31)/t12-/m0/s1. The van der Waals surface area contributed by atoms with Gasteiger partial charge in [0.1, 0.15) is 18.5 Å². The minimum atomic E-state index is -1.06. The number of nitrogens with zero attached hydrogens (tertiary/aromatic N) is 4. The zero-order chi connectivity index (χ0) is 25.0. The third-order valence-electron chi connectivity index (χ3n) is 5.20. The predicted octanol–water partition coefficient (Wildman–Crippen LogP) is 0.993. The fourth-order valence-corrected chi connectivity index (χ4v) is 3.30. The normalized spacial score (nSPS) is 11.9. The maximum atomic E-state index is 12.4. The van der Waals surface area contributed by atoms with Gasteiger partial charge in [-0.25, -0.2) is 14.6 Å². The van der Waals surface area contributed by atoms with Gasteiger partial charge < -0.3 is 14.6 Å². The van der Waals surface area contributed by atoms with Crippen molar-refractivity contribution in [2.24, 2.45) is 7.05 Å². The molecule has 2 aromatic heterocycles. The Labute approximate surface area is 192 Å². The van der Waals surface area contributed by atoms with Crippen molar-refractivity contribution in [3.8, 4) is 0 Å². The van der Waals surface area contributed by atoms with E-state index in [-0.39, 0.29) is 34.8 Å². The lowest BCUT2D eigenvalue weighted by Crippen LogP contribution is -2.39. The summed E-state index contributed by atoms with van der Waals surface area (Å²) >= 11 is 0. The lowest BCUT2D eigenvalue weighted by atomic mass is 10.2. The number of fused-ring (bicyclic) bond motifs is 1. The SMILES string of the molecule is CCCCn1c(=O)[nH]c(=O)c2c1nc(COC(=O)[C@H](C)NC(=O)c1cccc([N+](=O)[O-])c1)n2C. The molecule has 1 amide bonds. The summed E-state index contributed by atoms with van der Waals surface area (Å²) in [7, 11) is 1.57. The predicted molar refractivity (Wildman–Crippen MR) is 120 cm³/mol. The molecular weight excluding hydrogens is 448 g/mol. The number of amides is 1. The lowest BCUT2D eigenvalue weighted by molar-refractivity contribution is -0.384. The number of hydrogen-bond acceptors (Lipinski definition) is 8. The van der Waals surface area contributed by atoms with Crippen LogP contribution in [0.3, 0.4) is 0 Å². The molecule has 0 aliphatic carbocycles. The van der Waals surface area contributed by atoms with Crippen LogP contribution in [-0.2, 0) is 29.7 Å². The van der Waals surface area contributed by atoms with E-state index in [0.717, 1.165) is 12.5 Å². The average molecular weight is 472 g/mol. The van der Waals surface area contributed by atoms with Gasteiger partial charge >= 0.3 is 11.7 Å². The summed E-state index contributed by atoms with van der Waals surface area (Å²) in [5.74, 6) is -1.22. The second kappa shape index (κ2) is 10.1. The largest absolute Gasteiger partial charge is 0.456 e. The number of hydrogen-bond donors (Lipinski definition) is 2. The maximum Gasteiger partial charge on any atom is 0.330 e. The molecule has 2 N–H and O–H groups in total. The smallest absolute Gasteiger partial charge is 0.330 e. The van der Waals surface area contributed by atoms with Crippen LogP contribution in [0.5, 0.6) is 0 Å². The first kappa shape index (κ1) is 24.4. The highest BCUT2D eigenvalue weighted by Crippen LogP contribution is 2.14. The Morgan fingerprint density at radius 1 is 1.32 bits per heavy atom. The van der Waals surface area contributed by atoms with Gasteiger partial charge in [-0.15, -0.1) is 0 Å². The number of nitrogens with one attached hydrogen (secondary N) is 2. The molecule has 34 heavy (non-hydrogen) atoms. The number of aromatic nitrogens is 4. The number of aryl methyl sites for hydroxylation is 2. The molecule has 0 bridgehead atoms. The van der Waals surface area contributed by atoms with Gasteiger partial charge in [0.2, 0.25) is 0 Å². The van der Waals surface area contributed by atoms with Gasteiger partial charge in [-0.3, -0.25) is 29.3 Å². The van der Waals surface area contributed by atoms with Crippen molar-refractivity contribution < 1.29 is 19.2 Å². The minimum Gasteiger partial charge on any atom is -0.456 e. The van der Waals surface area contributed by atoms with E-state index >= 15 is 0 Å². The van der Waals surface area contributed by atoms with Crippen LogP contribution >= 0.6 is 0 Å². The number of esters is 1. The van der Waals surface area contributed by atoms with E-state index < -0.39 is 34.1 Å². The van der Waals surface area contributed by atoms with Crippen LogP contribution in [0.4, 0.5) is 5.69 Å². The molecule has 0 saturated carbocycles. The highest BCUT2D eigenvalue weighted by Gasteiger charge is 2.22. The Morgan fingerprint density at radius 3 is 2.74 bits per heavy atom. The number of nitro benzene ring substituents is 1. The molecule has 1 atom stereocenters. The molecule has 0 radical (unpaired) electrons. The number of benzene rings is 1. The van der Waals surface area contributed by atoms with Crippen molar-refractivity contribution in [3.05, 3.63) is 66.6 Å². The number of ether oxygens (including phenoxy) is 1. The molecular formula is C21H24N6O7. The number of rotatable bonds is 9. The molecule has 0 saturated heterocycles. The molecule has 0 aliphatic heterocycles. The number of aromatic amines is 1. The first-order valence-electron chi connectivity index (χ1n) is 10.5. The van der Waals surface area contributed by atoms with Gasteiger partial charge in [-0.05, 0) is 19.4 Å². The van der Waals surface area contributed by atoms with Crippen molar-refractivity contribution in [2.75, 3.05) is 0 Å². The first-order valence-corrected chi connectivity index (χ1v) is 10.5. The summed E-state index contributed by atoms with van der Waals surface area (Å²) in [5, 5.41) is 13.3. The number of imidazole rings is 1. The second-order valence-corrected chi connectivity index (χ2v) is 7.63. The number of unbranched alkanes of at least 4 members (excludes halogenated alkanes) is 1. The molecule has 2 heterocycles. The van der Waals surface area contributed by atoms with Crippen LogP contribution in [0.25, 0.3) is 11.2 Å². The van der Waals surface area contributed by atoms with Gasteiger partial charge in [-0.2, -0.15) is 0 Å². The molecule has 180 valence electrons. The van der Waals surface area contributed by atoms with Crippen LogP contribution in [0.2, 0.25) is 0 Å². The minimum absolute atomic E-state index is 0.0217. The summed E-state index contributed by atoms with van der Waals surface area (Å²) < 4.78 is 8.05. The summed E-state index contributed by atoms with van der Waals surface area (Å²) in [4.78, 5) is 66.1. The number of non-ortho nitro benzene ring substituents is 1. The molecule has 13 heteroatoms. The lowest BCUT2D eigenvalue weighted by Gasteiger charge is -2.13. The van der Waals surface area contributed by atoms with Crippen LogP contribution in [0, 0.1) is 10.1 Å². The molecule has 0 fully saturated rings. The Balaban J connectivity index is 1.73. The third kappa shape index (κ3) is 5.03. The van der Waals surface area contributed by atoms with Crippen LogP contribution in [-0.4, -0.2) is 41.9 Å². The van der Waals surface area contributed by atoms with Gasteiger partial charge in [0.15, 0.2) is 11.2 Å². The van der Waals surface area contributed by atoms with Gasteiger partial charge in [0.25, 0.3) is 17.2 Å². The Morgan fingerprint density at radius 2 is 2.06 bits per heavy atom. The van der Waals surface area contributed by atoms with E-state index in [1.165, 1.54) is 34.3 Å². The van der Waals surface area contributed by atoms with Crippen molar-refractivity contribution in [3.63, 3.8) is 0 Å². The number of carbonyl (C=O) groups is 2. The summed E-state index contributed by atoms with van der Waals surface area (Å²) in [6.45, 7) is 3.44. The Hall–Kier alpha value is -4.29. The van der Waals surface area contributed by atoms with E-state index in [4.69, 9.17) is 4.74 Å². The molecule has 0 spiro atoms. The van der Waals surface area contributed by atoms with E-state index in [9.17, 15) is 29.3 Å². The molecule has 3 aromatic rings.